The predicted octanol–water partition coefficient (Wildman–Crippen LogP) is 1.82. The van der Waals surface area contributed by atoms with Crippen LogP contribution in [0.2, 0.25) is 0 Å². The van der Waals surface area contributed by atoms with Crippen molar-refractivity contribution in [2.24, 2.45) is 0 Å². The zero-order valence-electron chi connectivity index (χ0n) is 11.8. The third-order valence-corrected chi connectivity index (χ3v) is 2.80. The molecule has 0 aromatic heterocycles. The highest BCUT2D eigenvalue weighted by molar-refractivity contribution is 5.88. The average Bonchev–Trinajstić information content (AvgIpc) is 2.38. The minimum atomic E-state index is -0.201. The fraction of sp³-hybridized carbons (Fsp3) is 0.467. The first-order valence-electron chi connectivity index (χ1n) is 6.66. The molecule has 4 nitrogen and oxygen atoms in total. The van der Waals surface area contributed by atoms with Crippen LogP contribution in [0.3, 0.4) is 0 Å². The van der Waals surface area contributed by atoms with Crippen LogP contribution in [0.25, 0.3) is 0 Å². The van der Waals surface area contributed by atoms with Crippen molar-refractivity contribution in [2.45, 2.75) is 39.2 Å². The second kappa shape index (κ2) is 7.56. The average molecular weight is 262 g/mol. The van der Waals surface area contributed by atoms with Crippen LogP contribution >= 0.6 is 0 Å². The second-order valence-electron chi connectivity index (χ2n) is 4.81. The topological polar surface area (TPSA) is 58.2 Å². The van der Waals surface area contributed by atoms with Crippen LogP contribution in [0.5, 0.6) is 0 Å². The van der Waals surface area contributed by atoms with Gasteiger partial charge < -0.3 is 10.6 Å². The van der Waals surface area contributed by atoms with Gasteiger partial charge in [-0.05, 0) is 25.8 Å². The Hall–Kier alpha value is -1.84. The first-order chi connectivity index (χ1) is 9.04. The molecule has 0 bridgehead atoms. The van der Waals surface area contributed by atoms with Crippen LogP contribution in [0.1, 0.15) is 38.7 Å². The molecule has 0 heterocycles. The Morgan fingerprint density at radius 1 is 1.16 bits per heavy atom. The van der Waals surface area contributed by atoms with Crippen molar-refractivity contribution in [1.29, 1.82) is 0 Å². The van der Waals surface area contributed by atoms with Crippen LogP contribution in [-0.2, 0) is 9.59 Å². The molecule has 1 aromatic rings. The lowest BCUT2D eigenvalue weighted by Crippen LogP contribution is -2.41. The van der Waals surface area contributed by atoms with Gasteiger partial charge >= 0.3 is 0 Å². The molecule has 1 rings (SSSR count). The maximum atomic E-state index is 12.1. The largest absolute Gasteiger partial charge is 0.352 e. The standard InChI is InChI=1S/C15H22N2O2/c1-4-13(12-8-6-5-7-9-12)15(19)16-10-14(18)17-11(2)3/h5-9,11,13H,4,10H2,1-3H3,(H,16,19)(H,17,18). The molecule has 0 aliphatic rings. The molecule has 0 radical (unpaired) electrons. The molecule has 19 heavy (non-hydrogen) atoms. The summed E-state index contributed by atoms with van der Waals surface area (Å²) >= 11 is 0. The Kier molecular flexibility index (Phi) is 6.06. The van der Waals surface area contributed by atoms with Gasteiger partial charge in [0.15, 0.2) is 0 Å². The van der Waals surface area contributed by atoms with Crippen LogP contribution in [0.15, 0.2) is 30.3 Å². The number of amides is 2. The Morgan fingerprint density at radius 3 is 2.32 bits per heavy atom. The highest BCUT2D eigenvalue weighted by Crippen LogP contribution is 2.18. The van der Waals surface area contributed by atoms with Gasteiger partial charge in [0.25, 0.3) is 0 Å². The third kappa shape index (κ3) is 5.12. The molecule has 1 unspecified atom stereocenters. The molecule has 4 heteroatoms. The van der Waals surface area contributed by atoms with Gasteiger partial charge in [-0.15, -0.1) is 0 Å². The highest BCUT2D eigenvalue weighted by atomic mass is 16.2. The number of rotatable bonds is 6. The van der Waals surface area contributed by atoms with Crippen molar-refractivity contribution in [3.05, 3.63) is 35.9 Å². The number of hydrogen-bond acceptors (Lipinski definition) is 2. The highest BCUT2D eigenvalue weighted by Gasteiger charge is 2.18. The summed E-state index contributed by atoms with van der Waals surface area (Å²) in [5, 5.41) is 5.43. The van der Waals surface area contributed by atoms with Crippen molar-refractivity contribution in [2.75, 3.05) is 6.54 Å². The summed E-state index contributed by atoms with van der Waals surface area (Å²) in [5.74, 6) is -0.466. The smallest absolute Gasteiger partial charge is 0.239 e. The van der Waals surface area contributed by atoms with E-state index in [1.165, 1.54) is 0 Å². The number of benzene rings is 1. The number of carbonyl (C=O) groups excluding carboxylic acids is 2. The molecular formula is C15H22N2O2. The fourth-order valence-electron chi connectivity index (χ4n) is 1.92. The lowest BCUT2D eigenvalue weighted by molar-refractivity contribution is -0.127. The van der Waals surface area contributed by atoms with Gasteiger partial charge in [-0.3, -0.25) is 9.59 Å². The molecule has 0 spiro atoms. The summed E-state index contributed by atoms with van der Waals surface area (Å²) in [5.41, 5.74) is 0.978. The molecule has 2 N–H and O–H groups in total. The summed E-state index contributed by atoms with van der Waals surface area (Å²) < 4.78 is 0. The quantitative estimate of drug-likeness (QED) is 0.821. The molecule has 2 amide bonds. The molecule has 104 valence electrons. The van der Waals surface area contributed by atoms with Crippen molar-refractivity contribution in [1.82, 2.24) is 10.6 Å². The maximum absolute atomic E-state index is 12.1. The van der Waals surface area contributed by atoms with Gasteiger partial charge in [0.1, 0.15) is 0 Å². The molecule has 0 fully saturated rings. The lowest BCUT2D eigenvalue weighted by Gasteiger charge is -2.15. The first kappa shape index (κ1) is 15.2. The molecule has 0 saturated carbocycles. The van der Waals surface area contributed by atoms with E-state index in [2.05, 4.69) is 10.6 Å². The third-order valence-electron chi connectivity index (χ3n) is 2.80. The van der Waals surface area contributed by atoms with E-state index < -0.39 is 0 Å². The molecule has 0 aliphatic heterocycles. The summed E-state index contributed by atoms with van der Waals surface area (Å²) in [6.45, 7) is 5.77. The Labute approximate surface area is 114 Å². The van der Waals surface area contributed by atoms with Gasteiger partial charge in [0.2, 0.25) is 11.8 Å². The van der Waals surface area contributed by atoms with Crippen LogP contribution in [-0.4, -0.2) is 24.4 Å². The normalized spacial score (nSPS) is 12.0. The summed E-state index contributed by atoms with van der Waals surface area (Å²) in [7, 11) is 0. The van der Waals surface area contributed by atoms with Crippen molar-refractivity contribution < 1.29 is 9.59 Å². The van der Waals surface area contributed by atoms with Crippen LogP contribution < -0.4 is 10.6 Å². The van der Waals surface area contributed by atoms with Gasteiger partial charge in [-0.1, -0.05) is 37.3 Å². The van der Waals surface area contributed by atoms with E-state index in [0.717, 1.165) is 5.56 Å². The number of nitrogens with one attached hydrogen (secondary N) is 2. The fourth-order valence-corrected chi connectivity index (χ4v) is 1.92. The first-order valence-corrected chi connectivity index (χ1v) is 6.66. The Morgan fingerprint density at radius 2 is 1.79 bits per heavy atom. The predicted molar refractivity (Wildman–Crippen MR) is 75.8 cm³/mol. The van der Waals surface area contributed by atoms with Crippen LogP contribution in [0.4, 0.5) is 0 Å². The van der Waals surface area contributed by atoms with Crippen LogP contribution in [0, 0.1) is 0 Å². The van der Waals surface area contributed by atoms with Crippen molar-refractivity contribution >= 4 is 11.8 Å². The number of hydrogen-bond donors (Lipinski definition) is 2. The van der Waals surface area contributed by atoms with Crippen molar-refractivity contribution in [3.8, 4) is 0 Å². The number of carbonyl (C=O) groups is 2. The Balaban J connectivity index is 2.54. The van der Waals surface area contributed by atoms with Gasteiger partial charge in [0, 0.05) is 6.04 Å². The van der Waals surface area contributed by atoms with Gasteiger partial charge in [-0.2, -0.15) is 0 Å². The minimum Gasteiger partial charge on any atom is -0.352 e. The molecule has 0 aliphatic carbocycles. The SMILES string of the molecule is CCC(C(=O)NCC(=O)NC(C)C)c1ccccc1. The molecule has 0 saturated heterocycles. The van der Waals surface area contributed by atoms with Gasteiger partial charge in [-0.25, -0.2) is 0 Å². The van der Waals surface area contributed by atoms with E-state index in [4.69, 9.17) is 0 Å². The summed E-state index contributed by atoms with van der Waals surface area (Å²) in [6, 6.07) is 9.70. The maximum Gasteiger partial charge on any atom is 0.239 e. The summed E-state index contributed by atoms with van der Waals surface area (Å²) in [4.78, 5) is 23.6. The molecular weight excluding hydrogens is 240 g/mol. The monoisotopic (exact) mass is 262 g/mol. The Bertz CT molecular complexity index is 415. The van der Waals surface area contributed by atoms with E-state index in [1.807, 2.05) is 51.1 Å². The summed E-state index contributed by atoms with van der Waals surface area (Å²) in [6.07, 6.45) is 0.710. The molecule has 1 aromatic carbocycles. The van der Waals surface area contributed by atoms with E-state index in [-0.39, 0.29) is 30.3 Å². The zero-order chi connectivity index (χ0) is 14.3. The van der Waals surface area contributed by atoms with E-state index in [9.17, 15) is 9.59 Å². The minimum absolute atomic E-state index is 0.0281. The van der Waals surface area contributed by atoms with Gasteiger partial charge in [0.05, 0.1) is 12.5 Å². The lowest BCUT2D eigenvalue weighted by atomic mass is 9.96. The second-order valence-corrected chi connectivity index (χ2v) is 4.81. The van der Waals surface area contributed by atoms with E-state index >= 15 is 0 Å². The van der Waals surface area contributed by atoms with E-state index in [1.54, 1.807) is 0 Å². The van der Waals surface area contributed by atoms with E-state index in [0.29, 0.717) is 6.42 Å². The zero-order valence-corrected chi connectivity index (χ0v) is 11.8. The molecule has 1 atom stereocenters. The van der Waals surface area contributed by atoms with Crippen molar-refractivity contribution in [3.63, 3.8) is 0 Å².